The molecule has 0 amide bonds. The average Bonchev–Trinajstić information content (AvgIpc) is 2.31. The van der Waals surface area contributed by atoms with Crippen LogP contribution in [0.2, 0.25) is 10.1 Å². The third-order valence-electron chi connectivity index (χ3n) is 2.98. The van der Waals surface area contributed by atoms with Crippen LogP contribution in [-0.2, 0) is 0 Å². The van der Waals surface area contributed by atoms with Gasteiger partial charge < -0.3 is 0 Å². The molecule has 1 aliphatic heterocycles. The van der Waals surface area contributed by atoms with Crippen LogP contribution in [0, 0.1) is 0 Å². The van der Waals surface area contributed by atoms with Crippen molar-refractivity contribution in [1.82, 2.24) is 0 Å². The summed E-state index contributed by atoms with van der Waals surface area (Å²) < 4.78 is 0. The minimum atomic E-state index is -1.11. The molecule has 0 aromatic rings. The van der Waals surface area contributed by atoms with Crippen molar-refractivity contribution >= 4 is 8.07 Å². The van der Waals surface area contributed by atoms with Gasteiger partial charge in [0, 0.05) is 0 Å². The summed E-state index contributed by atoms with van der Waals surface area (Å²) in [4.78, 5) is 0. The molecule has 0 saturated carbocycles. The van der Waals surface area contributed by atoms with Crippen molar-refractivity contribution in [2.75, 3.05) is 0 Å². The van der Waals surface area contributed by atoms with Crippen LogP contribution in [0.25, 0.3) is 0 Å². The molecular formula is C10H20Si. The molecule has 1 heterocycles. The van der Waals surface area contributed by atoms with Gasteiger partial charge in [0.05, 0.1) is 0 Å². The lowest BCUT2D eigenvalue weighted by Gasteiger charge is -2.40. The van der Waals surface area contributed by atoms with E-state index in [1.165, 1.54) is 0 Å². The monoisotopic (exact) mass is 168 g/mol. The fourth-order valence-corrected chi connectivity index (χ4v) is 7.12. The fraction of sp³-hybridized carbons (Fsp3) is 0.800. The summed E-state index contributed by atoms with van der Waals surface area (Å²) in [7, 11) is -1.11. The van der Waals surface area contributed by atoms with Crippen LogP contribution in [0.1, 0.15) is 41.5 Å². The second-order valence-corrected chi connectivity index (χ2v) is 11.1. The molecule has 0 radical (unpaired) electrons. The van der Waals surface area contributed by atoms with Crippen molar-refractivity contribution in [1.29, 1.82) is 0 Å². The first-order valence-corrected chi connectivity index (χ1v) is 6.57. The van der Waals surface area contributed by atoms with E-state index in [0.29, 0.717) is 10.1 Å². The summed E-state index contributed by atoms with van der Waals surface area (Å²) in [6.45, 7) is 14.3. The minimum absolute atomic E-state index is 0.519. The molecule has 0 unspecified atom stereocenters. The molecule has 0 aliphatic carbocycles. The molecular weight excluding hydrogens is 148 g/mol. The molecule has 0 fully saturated rings. The van der Waals surface area contributed by atoms with Gasteiger partial charge >= 0.3 is 0 Å². The average molecular weight is 168 g/mol. The predicted octanol–water partition coefficient (Wildman–Crippen LogP) is 3.68. The molecule has 11 heavy (non-hydrogen) atoms. The van der Waals surface area contributed by atoms with E-state index in [2.05, 4.69) is 52.9 Å². The summed E-state index contributed by atoms with van der Waals surface area (Å²) in [6, 6.07) is 0. The van der Waals surface area contributed by atoms with Crippen LogP contribution in [0.5, 0.6) is 0 Å². The van der Waals surface area contributed by atoms with Crippen molar-refractivity contribution in [3.63, 3.8) is 0 Å². The summed E-state index contributed by atoms with van der Waals surface area (Å²) in [6.07, 6.45) is 0. The zero-order chi connectivity index (χ0) is 8.91. The largest absolute Gasteiger partial charge is 0.111 e. The third-order valence-corrected chi connectivity index (χ3v) is 8.95. The highest BCUT2D eigenvalue weighted by Crippen LogP contribution is 2.58. The van der Waals surface area contributed by atoms with E-state index < -0.39 is 8.07 Å². The molecule has 0 nitrogen and oxygen atoms in total. The molecule has 0 bridgehead atoms. The maximum atomic E-state index is 2.49. The van der Waals surface area contributed by atoms with Gasteiger partial charge in [0.2, 0.25) is 0 Å². The van der Waals surface area contributed by atoms with Crippen LogP contribution in [0.3, 0.4) is 0 Å². The maximum absolute atomic E-state index is 2.49. The summed E-state index contributed by atoms with van der Waals surface area (Å²) in [5, 5.41) is 1.04. The first-order chi connectivity index (χ1) is 4.71. The van der Waals surface area contributed by atoms with Gasteiger partial charge in [-0.3, -0.25) is 0 Å². The van der Waals surface area contributed by atoms with Gasteiger partial charge in [-0.1, -0.05) is 52.9 Å². The van der Waals surface area contributed by atoms with E-state index >= 15 is 0 Å². The molecule has 1 aliphatic rings. The molecule has 64 valence electrons. The Labute approximate surface area is 71.7 Å². The first kappa shape index (κ1) is 9.05. The smallest absolute Gasteiger partial charge is 0.0971 e. The van der Waals surface area contributed by atoms with E-state index in [-0.39, 0.29) is 0 Å². The van der Waals surface area contributed by atoms with Crippen LogP contribution in [-0.4, -0.2) is 8.07 Å². The van der Waals surface area contributed by atoms with Gasteiger partial charge in [0.1, 0.15) is 8.07 Å². The summed E-state index contributed by atoms with van der Waals surface area (Å²) >= 11 is 0. The highest BCUT2D eigenvalue weighted by atomic mass is 28.3. The Morgan fingerprint density at radius 3 is 1.00 bits per heavy atom. The Bertz CT molecular complexity index is 166. The molecule has 0 aromatic heterocycles. The van der Waals surface area contributed by atoms with Gasteiger partial charge in [0.15, 0.2) is 0 Å². The molecule has 0 spiro atoms. The van der Waals surface area contributed by atoms with Crippen molar-refractivity contribution in [3.8, 4) is 0 Å². The van der Waals surface area contributed by atoms with Gasteiger partial charge in [-0.15, -0.1) is 0 Å². The Morgan fingerprint density at radius 2 is 1.00 bits per heavy atom. The van der Waals surface area contributed by atoms with Crippen molar-refractivity contribution in [2.45, 2.75) is 51.6 Å². The van der Waals surface area contributed by atoms with Gasteiger partial charge in [-0.2, -0.15) is 0 Å². The fourth-order valence-electron chi connectivity index (χ4n) is 2.21. The highest BCUT2D eigenvalue weighted by Gasteiger charge is 2.55. The van der Waals surface area contributed by atoms with E-state index in [0.717, 1.165) is 0 Å². The summed E-state index contributed by atoms with van der Waals surface area (Å²) in [5.74, 6) is 0. The lowest BCUT2D eigenvalue weighted by Crippen LogP contribution is -2.39. The predicted molar refractivity (Wildman–Crippen MR) is 54.3 cm³/mol. The lowest BCUT2D eigenvalue weighted by atomic mass is 10.2. The van der Waals surface area contributed by atoms with Crippen LogP contribution in [0.4, 0.5) is 0 Å². The van der Waals surface area contributed by atoms with Crippen LogP contribution in [0.15, 0.2) is 11.4 Å². The zero-order valence-electron chi connectivity index (χ0n) is 8.65. The topological polar surface area (TPSA) is 0 Å². The van der Waals surface area contributed by atoms with Crippen molar-refractivity contribution in [2.24, 2.45) is 0 Å². The van der Waals surface area contributed by atoms with Gasteiger partial charge in [-0.25, -0.2) is 0 Å². The normalized spacial score (nSPS) is 22.0. The lowest BCUT2D eigenvalue weighted by molar-refractivity contribution is 0.643. The molecule has 1 rings (SSSR count). The molecule has 0 saturated heterocycles. The highest BCUT2D eigenvalue weighted by molar-refractivity contribution is 7.02. The standard InChI is InChI=1S/C10H20Si/c1-9(2,3)11(7-8-11)10(4,5)6/h7-8H,1-6H3. The van der Waals surface area contributed by atoms with Gasteiger partial charge in [-0.05, 0) is 10.1 Å². The SMILES string of the molecule is CC(C)(C)[Si]1(C(C)(C)C)C=C1. The number of rotatable bonds is 0. The van der Waals surface area contributed by atoms with E-state index in [9.17, 15) is 0 Å². The molecule has 0 N–H and O–H groups in total. The second-order valence-electron chi connectivity index (χ2n) is 5.70. The Kier molecular flexibility index (Phi) is 1.65. The molecule has 1 heteroatoms. The van der Waals surface area contributed by atoms with Crippen LogP contribution < -0.4 is 0 Å². The Hall–Kier alpha value is -0.0431. The summed E-state index contributed by atoms with van der Waals surface area (Å²) in [5.41, 5.74) is 4.99. The van der Waals surface area contributed by atoms with Crippen LogP contribution >= 0.6 is 0 Å². The number of hydrogen-bond donors (Lipinski definition) is 0. The third kappa shape index (κ3) is 1.20. The molecule has 0 atom stereocenters. The van der Waals surface area contributed by atoms with Crippen molar-refractivity contribution in [3.05, 3.63) is 11.4 Å². The Balaban J connectivity index is 2.86. The quantitative estimate of drug-likeness (QED) is 0.484. The number of hydrogen-bond acceptors (Lipinski definition) is 0. The first-order valence-electron chi connectivity index (χ1n) is 4.41. The van der Waals surface area contributed by atoms with E-state index in [1.807, 2.05) is 0 Å². The minimum Gasteiger partial charge on any atom is -0.0971 e. The maximum Gasteiger partial charge on any atom is 0.111 e. The molecule has 0 aromatic carbocycles. The van der Waals surface area contributed by atoms with E-state index in [4.69, 9.17) is 0 Å². The zero-order valence-corrected chi connectivity index (χ0v) is 9.65. The Morgan fingerprint density at radius 1 is 0.727 bits per heavy atom. The van der Waals surface area contributed by atoms with E-state index in [1.54, 1.807) is 0 Å². The van der Waals surface area contributed by atoms with Gasteiger partial charge in [0.25, 0.3) is 0 Å². The van der Waals surface area contributed by atoms with Crippen molar-refractivity contribution < 1.29 is 0 Å². The second kappa shape index (κ2) is 2.01.